The fourth-order valence-corrected chi connectivity index (χ4v) is 5.32. The van der Waals surface area contributed by atoms with Gasteiger partial charge in [0.15, 0.2) is 4.32 Å². The van der Waals surface area contributed by atoms with E-state index in [1.54, 1.807) is 4.90 Å². The van der Waals surface area contributed by atoms with Crippen molar-refractivity contribution < 1.29 is 9.59 Å². The van der Waals surface area contributed by atoms with Crippen LogP contribution in [0.3, 0.4) is 0 Å². The lowest BCUT2D eigenvalue weighted by atomic mass is 10.1. The number of aryl methyl sites for hydroxylation is 1. The second-order valence-electron chi connectivity index (χ2n) is 7.39. The first kappa shape index (κ1) is 19.7. The number of carbonyl (C=O) groups excluding carboxylic acids is 2. The monoisotopic (exact) mass is 442 g/mol. The zero-order chi connectivity index (χ0) is 21.5. The summed E-state index contributed by atoms with van der Waals surface area (Å²) >= 11 is 6.75. The summed E-state index contributed by atoms with van der Waals surface area (Å²) < 4.78 is 0.439. The van der Waals surface area contributed by atoms with Crippen LogP contribution < -0.4 is 9.80 Å². The molecule has 0 aromatic heterocycles. The summed E-state index contributed by atoms with van der Waals surface area (Å²) in [6.45, 7) is 2.39. The van der Waals surface area contributed by atoms with Gasteiger partial charge in [-0.15, -0.1) is 0 Å². The highest BCUT2D eigenvalue weighted by atomic mass is 32.2. The molecule has 0 saturated carbocycles. The molecule has 2 aliphatic rings. The van der Waals surface area contributed by atoms with Crippen molar-refractivity contribution >= 4 is 57.1 Å². The Morgan fingerprint density at radius 3 is 2.19 bits per heavy atom. The number of amides is 2. The van der Waals surface area contributed by atoms with Crippen LogP contribution in [0.15, 0.2) is 83.8 Å². The summed E-state index contributed by atoms with van der Waals surface area (Å²) in [5.74, 6) is -0.417. The topological polar surface area (TPSA) is 40.6 Å². The number of thiocarbonyl (C=S) groups is 1. The van der Waals surface area contributed by atoms with E-state index in [0.717, 1.165) is 28.1 Å². The lowest BCUT2D eigenvalue weighted by molar-refractivity contribution is -0.115. The van der Waals surface area contributed by atoms with Gasteiger partial charge in [-0.3, -0.25) is 14.5 Å². The maximum absolute atomic E-state index is 13.6. The molecule has 2 aliphatic heterocycles. The van der Waals surface area contributed by atoms with E-state index in [0.29, 0.717) is 21.3 Å². The first-order chi connectivity index (χ1) is 15.1. The molecule has 6 heteroatoms. The molecule has 31 heavy (non-hydrogen) atoms. The molecule has 0 unspecified atom stereocenters. The Balaban J connectivity index is 1.60. The predicted molar refractivity (Wildman–Crippen MR) is 130 cm³/mol. The van der Waals surface area contributed by atoms with Gasteiger partial charge in [0.25, 0.3) is 11.8 Å². The van der Waals surface area contributed by atoms with Gasteiger partial charge < -0.3 is 4.90 Å². The molecule has 0 spiro atoms. The number of hydrogen-bond donors (Lipinski definition) is 0. The Kier molecular flexibility index (Phi) is 4.96. The van der Waals surface area contributed by atoms with E-state index in [1.807, 2.05) is 85.8 Å². The maximum Gasteiger partial charge on any atom is 0.271 e. The number of carbonyl (C=O) groups is 2. The largest absolute Gasteiger partial charge is 0.303 e. The van der Waals surface area contributed by atoms with Crippen molar-refractivity contribution in [2.24, 2.45) is 0 Å². The average Bonchev–Trinajstić information content (AvgIpc) is 3.22. The molecule has 2 heterocycles. The van der Waals surface area contributed by atoms with Crippen molar-refractivity contribution in [2.75, 3.05) is 9.80 Å². The molecule has 0 bridgehead atoms. The molecule has 5 rings (SSSR count). The number of para-hydroxylation sites is 2. The van der Waals surface area contributed by atoms with Crippen molar-refractivity contribution in [3.05, 3.63) is 100 Å². The van der Waals surface area contributed by atoms with E-state index in [-0.39, 0.29) is 11.8 Å². The molecule has 0 radical (unpaired) electrons. The Bertz CT molecular complexity index is 1270. The molecular weight excluding hydrogens is 424 g/mol. The molecule has 1 saturated heterocycles. The molecule has 0 atom stereocenters. The van der Waals surface area contributed by atoms with E-state index < -0.39 is 0 Å². The molecule has 3 aromatic carbocycles. The quantitative estimate of drug-likeness (QED) is 0.407. The molecule has 0 aliphatic carbocycles. The van der Waals surface area contributed by atoms with Gasteiger partial charge in [0.05, 0.1) is 28.4 Å². The van der Waals surface area contributed by atoms with Crippen molar-refractivity contribution in [1.82, 2.24) is 0 Å². The predicted octanol–water partition coefficient (Wildman–Crippen LogP) is 5.32. The van der Waals surface area contributed by atoms with Crippen molar-refractivity contribution in [3.63, 3.8) is 0 Å². The smallest absolute Gasteiger partial charge is 0.271 e. The number of anilines is 2. The highest BCUT2D eigenvalue weighted by Gasteiger charge is 2.42. The van der Waals surface area contributed by atoms with Gasteiger partial charge in [-0.25, -0.2) is 0 Å². The molecular formula is C25H18N2O2S2. The SMILES string of the molecule is Cc1ccccc1N1C(=O)C(=C2C(=O)N(Cc3ccccc3)c3ccccc32)SC1=S. The molecule has 4 nitrogen and oxygen atoms in total. The van der Waals surface area contributed by atoms with Gasteiger partial charge in [0.1, 0.15) is 0 Å². The first-order valence-corrected chi connectivity index (χ1v) is 11.1. The van der Waals surface area contributed by atoms with Gasteiger partial charge in [-0.05, 0) is 30.2 Å². The Labute approximate surface area is 190 Å². The second-order valence-corrected chi connectivity index (χ2v) is 9.04. The number of rotatable bonds is 3. The summed E-state index contributed by atoms with van der Waals surface area (Å²) in [6, 6.07) is 25.1. The zero-order valence-electron chi connectivity index (χ0n) is 16.7. The minimum atomic E-state index is -0.246. The maximum atomic E-state index is 13.6. The third-order valence-corrected chi connectivity index (χ3v) is 6.83. The number of benzene rings is 3. The summed E-state index contributed by atoms with van der Waals surface area (Å²) in [5, 5.41) is 0. The fraction of sp³-hybridized carbons (Fsp3) is 0.0800. The van der Waals surface area contributed by atoms with Crippen molar-refractivity contribution in [2.45, 2.75) is 13.5 Å². The normalized spacial score (nSPS) is 18.2. The number of nitrogens with zero attached hydrogens (tertiary/aromatic N) is 2. The van der Waals surface area contributed by atoms with Gasteiger partial charge in [-0.1, -0.05) is 90.7 Å². The number of hydrogen-bond acceptors (Lipinski definition) is 4. The van der Waals surface area contributed by atoms with Gasteiger partial charge >= 0.3 is 0 Å². The zero-order valence-corrected chi connectivity index (χ0v) is 18.4. The van der Waals surface area contributed by atoms with Crippen LogP contribution in [0.2, 0.25) is 0 Å². The third kappa shape index (κ3) is 3.28. The van der Waals surface area contributed by atoms with Gasteiger partial charge in [0, 0.05) is 5.56 Å². The van der Waals surface area contributed by atoms with E-state index in [1.165, 1.54) is 16.7 Å². The van der Waals surface area contributed by atoms with Crippen LogP contribution in [0.25, 0.3) is 5.57 Å². The van der Waals surface area contributed by atoms with Crippen LogP contribution in [0.4, 0.5) is 11.4 Å². The molecule has 3 aromatic rings. The van der Waals surface area contributed by atoms with Crippen LogP contribution in [-0.4, -0.2) is 16.1 Å². The lowest BCUT2D eigenvalue weighted by Crippen LogP contribution is -2.29. The van der Waals surface area contributed by atoms with Crippen LogP contribution in [-0.2, 0) is 16.1 Å². The fourth-order valence-electron chi connectivity index (χ4n) is 3.96. The summed E-state index contributed by atoms with van der Waals surface area (Å²) in [7, 11) is 0. The van der Waals surface area contributed by atoms with E-state index in [4.69, 9.17) is 12.2 Å². The standard InChI is InChI=1S/C25H18N2O2S2/c1-16-9-5-7-13-19(16)27-24(29)22(31-25(27)30)21-18-12-6-8-14-20(18)26(23(21)28)15-17-10-3-2-4-11-17/h2-14H,15H2,1H3. The van der Waals surface area contributed by atoms with Crippen LogP contribution >= 0.6 is 24.0 Å². The summed E-state index contributed by atoms with van der Waals surface area (Å²) in [6.07, 6.45) is 0. The van der Waals surface area contributed by atoms with Crippen molar-refractivity contribution in [1.29, 1.82) is 0 Å². The molecule has 152 valence electrons. The summed E-state index contributed by atoms with van der Waals surface area (Å²) in [5.41, 5.74) is 4.75. The highest BCUT2D eigenvalue weighted by molar-refractivity contribution is 8.27. The van der Waals surface area contributed by atoms with Crippen LogP contribution in [0, 0.1) is 6.92 Å². The van der Waals surface area contributed by atoms with Gasteiger partial charge in [-0.2, -0.15) is 0 Å². The van der Waals surface area contributed by atoms with E-state index in [2.05, 4.69) is 0 Å². The number of thioether (sulfide) groups is 1. The minimum absolute atomic E-state index is 0.171. The Morgan fingerprint density at radius 2 is 1.45 bits per heavy atom. The van der Waals surface area contributed by atoms with Crippen LogP contribution in [0.5, 0.6) is 0 Å². The molecule has 0 N–H and O–H groups in total. The van der Waals surface area contributed by atoms with E-state index in [9.17, 15) is 9.59 Å². The third-order valence-electron chi connectivity index (χ3n) is 5.46. The molecule has 1 fully saturated rings. The van der Waals surface area contributed by atoms with Gasteiger partial charge in [0.2, 0.25) is 0 Å². The molecule has 2 amide bonds. The van der Waals surface area contributed by atoms with Crippen LogP contribution in [0.1, 0.15) is 16.7 Å². The first-order valence-electron chi connectivity index (χ1n) is 9.87. The average molecular weight is 443 g/mol. The second kappa shape index (κ2) is 7.80. The highest BCUT2D eigenvalue weighted by Crippen LogP contribution is 2.46. The Morgan fingerprint density at radius 1 is 0.806 bits per heavy atom. The number of fused-ring (bicyclic) bond motifs is 1. The minimum Gasteiger partial charge on any atom is -0.303 e. The van der Waals surface area contributed by atoms with E-state index >= 15 is 0 Å². The Hall–Kier alpha value is -3.22. The van der Waals surface area contributed by atoms with Crippen molar-refractivity contribution in [3.8, 4) is 0 Å². The lowest BCUT2D eigenvalue weighted by Gasteiger charge is -2.17. The summed E-state index contributed by atoms with van der Waals surface area (Å²) in [4.78, 5) is 30.7.